The maximum absolute atomic E-state index is 13.0. The third kappa shape index (κ3) is 4.18. The minimum Gasteiger partial charge on any atom is -0.508 e. The minimum absolute atomic E-state index is 0.0805. The zero-order chi connectivity index (χ0) is 27.4. The van der Waals surface area contributed by atoms with Gasteiger partial charge in [0.25, 0.3) is 0 Å². The van der Waals surface area contributed by atoms with Crippen LogP contribution in [0.15, 0.2) is 59.9 Å². The first-order valence-corrected chi connectivity index (χ1v) is 11.6. The Morgan fingerprint density at radius 2 is 1.74 bits per heavy atom. The fourth-order valence-corrected chi connectivity index (χ4v) is 5.07. The number of carbonyl (C=O) groups is 3. The summed E-state index contributed by atoms with van der Waals surface area (Å²) in [7, 11) is 0. The molecule has 1 aliphatic carbocycles. The number of ketones is 1. The molecule has 1 saturated heterocycles. The largest absolute Gasteiger partial charge is 0.508 e. The Morgan fingerprint density at radius 1 is 1.03 bits per heavy atom. The summed E-state index contributed by atoms with van der Waals surface area (Å²) in [6.07, 6.45) is -4.46. The number of aliphatic carboxylic acids is 1. The molecule has 6 N–H and O–H groups in total. The summed E-state index contributed by atoms with van der Waals surface area (Å²) in [6, 6.07) is 5.20. The fraction of sp³-hybridized carbons (Fsp3) is 0.400. The van der Waals surface area contributed by atoms with E-state index >= 15 is 0 Å². The summed E-state index contributed by atoms with van der Waals surface area (Å²) in [5.41, 5.74) is -2.11. The van der Waals surface area contributed by atoms with Gasteiger partial charge in [0.05, 0.1) is 24.4 Å². The number of allylic oxidation sites excluding steroid dienone is 1. The highest BCUT2D eigenvalue weighted by molar-refractivity contribution is 6.25. The number of aliphatic hydroxyl groups is 4. The molecule has 1 aromatic rings. The number of carboxylic acid groups (broad SMARTS) is 1. The van der Waals surface area contributed by atoms with Gasteiger partial charge in [-0.1, -0.05) is 6.08 Å². The highest BCUT2D eigenvalue weighted by Gasteiger charge is 2.60. The van der Waals surface area contributed by atoms with Gasteiger partial charge in [0.2, 0.25) is 6.29 Å². The maximum Gasteiger partial charge on any atom is 0.343 e. The van der Waals surface area contributed by atoms with Crippen LogP contribution in [0.1, 0.15) is 10.4 Å². The highest BCUT2D eigenvalue weighted by Crippen LogP contribution is 2.50. The standard InChI is InChI=1S/C25H24O13/c26-8-15-18(29)19(30)20(31)24(36-15)37-23-16-12(14(9-35-23)21(32)33)5-6-25(16)7-13(22(34)38-25)17(28)10-1-3-11(27)4-2-10/h1-7,9,12,15-16,18-20,23-24,26-27,29-31H,8H2,(H,32,33)/t12-,15-,16-,18-,19+,20-,23+,24+,25-/m1/s1. The summed E-state index contributed by atoms with van der Waals surface area (Å²) in [4.78, 5) is 37.8. The monoisotopic (exact) mass is 532 g/mol. The molecule has 1 spiro atoms. The number of benzene rings is 1. The van der Waals surface area contributed by atoms with Crippen LogP contribution in [0.5, 0.6) is 5.75 Å². The molecule has 9 atom stereocenters. The van der Waals surface area contributed by atoms with E-state index in [0.29, 0.717) is 0 Å². The molecule has 38 heavy (non-hydrogen) atoms. The van der Waals surface area contributed by atoms with Crippen LogP contribution in [-0.2, 0) is 28.5 Å². The van der Waals surface area contributed by atoms with E-state index in [4.69, 9.17) is 18.9 Å². The van der Waals surface area contributed by atoms with Crippen molar-refractivity contribution in [3.8, 4) is 5.75 Å². The zero-order valence-electron chi connectivity index (χ0n) is 19.5. The van der Waals surface area contributed by atoms with Gasteiger partial charge < -0.3 is 49.6 Å². The van der Waals surface area contributed by atoms with Gasteiger partial charge in [0.15, 0.2) is 17.7 Å². The molecular formula is C25H24O13. The Morgan fingerprint density at radius 3 is 2.39 bits per heavy atom. The van der Waals surface area contributed by atoms with Gasteiger partial charge in [-0.25, -0.2) is 9.59 Å². The van der Waals surface area contributed by atoms with Gasteiger partial charge in [-0.05, 0) is 36.4 Å². The summed E-state index contributed by atoms with van der Waals surface area (Å²) in [5, 5.41) is 59.2. The second-order valence-corrected chi connectivity index (χ2v) is 9.30. The Bertz CT molecular complexity index is 1230. The Balaban J connectivity index is 1.48. The molecule has 0 amide bonds. The quantitative estimate of drug-likeness (QED) is 0.110. The third-order valence-corrected chi connectivity index (χ3v) is 7.05. The fourth-order valence-electron chi connectivity index (χ4n) is 5.07. The van der Waals surface area contributed by atoms with Crippen molar-refractivity contribution in [1.82, 2.24) is 0 Å². The van der Waals surface area contributed by atoms with E-state index < -0.39 is 78.8 Å². The normalized spacial score (nSPS) is 37.7. The van der Waals surface area contributed by atoms with Crippen LogP contribution >= 0.6 is 0 Å². The van der Waals surface area contributed by atoms with E-state index in [1.165, 1.54) is 42.5 Å². The van der Waals surface area contributed by atoms with Crippen molar-refractivity contribution < 1.29 is 64.0 Å². The molecule has 0 unspecified atom stereocenters. The number of hydrogen-bond acceptors (Lipinski definition) is 12. The SMILES string of the molecule is O=C(O)C1=CO[C@@H](O[C@@H]2O[C@H](CO)[C@@H](O)[C@H](O)[C@H]2O)[C@H]2[C@@H]1C=C[C@@]21C=C(C(=O)c2ccc(O)cc2)C(=O)O1. The molecule has 13 heteroatoms. The molecule has 1 fully saturated rings. The topological polar surface area (TPSA) is 210 Å². The number of phenols is 1. The van der Waals surface area contributed by atoms with Gasteiger partial charge in [0, 0.05) is 11.5 Å². The van der Waals surface area contributed by atoms with Crippen LogP contribution < -0.4 is 0 Å². The summed E-state index contributed by atoms with van der Waals surface area (Å²) >= 11 is 0. The number of aromatic hydroxyl groups is 1. The molecular weight excluding hydrogens is 508 g/mol. The number of fused-ring (bicyclic) bond motifs is 2. The first kappa shape index (κ1) is 26.0. The van der Waals surface area contributed by atoms with Crippen molar-refractivity contribution in [2.75, 3.05) is 6.61 Å². The van der Waals surface area contributed by atoms with E-state index in [2.05, 4.69) is 0 Å². The minimum atomic E-state index is -1.78. The lowest BCUT2D eigenvalue weighted by Crippen LogP contribution is -2.60. The lowest BCUT2D eigenvalue weighted by Gasteiger charge is -2.44. The molecule has 4 aliphatic rings. The zero-order valence-corrected chi connectivity index (χ0v) is 19.5. The Kier molecular flexibility index (Phi) is 6.59. The van der Waals surface area contributed by atoms with Gasteiger partial charge >= 0.3 is 11.9 Å². The number of Topliss-reactive ketones (excluding diaryl/α,β-unsaturated/α-hetero) is 1. The number of carboxylic acids is 1. The van der Waals surface area contributed by atoms with Crippen LogP contribution in [0.2, 0.25) is 0 Å². The van der Waals surface area contributed by atoms with Crippen LogP contribution in [-0.4, -0.2) is 97.6 Å². The van der Waals surface area contributed by atoms with Gasteiger partial charge in [-0.3, -0.25) is 4.79 Å². The molecule has 0 saturated carbocycles. The number of carbonyl (C=O) groups excluding carboxylic acids is 2. The van der Waals surface area contributed by atoms with E-state index in [0.717, 1.165) is 6.26 Å². The van der Waals surface area contributed by atoms with Crippen LogP contribution in [0, 0.1) is 11.8 Å². The highest BCUT2D eigenvalue weighted by atomic mass is 16.8. The molecule has 3 aliphatic heterocycles. The Labute approximate surface area is 214 Å². The maximum atomic E-state index is 13.0. The molecule has 3 heterocycles. The van der Waals surface area contributed by atoms with E-state index in [-0.39, 0.29) is 22.5 Å². The average Bonchev–Trinajstić information content (AvgIpc) is 3.43. The average molecular weight is 532 g/mol. The third-order valence-electron chi connectivity index (χ3n) is 7.05. The van der Waals surface area contributed by atoms with Gasteiger partial charge in [-0.2, -0.15) is 0 Å². The van der Waals surface area contributed by atoms with Crippen molar-refractivity contribution in [3.05, 3.63) is 65.5 Å². The van der Waals surface area contributed by atoms with Gasteiger partial charge in [-0.15, -0.1) is 0 Å². The van der Waals surface area contributed by atoms with Crippen molar-refractivity contribution in [2.45, 2.75) is 42.6 Å². The van der Waals surface area contributed by atoms with E-state index in [1.54, 1.807) is 0 Å². The number of ether oxygens (including phenoxy) is 4. The lowest BCUT2D eigenvalue weighted by atomic mass is 9.78. The van der Waals surface area contributed by atoms with Crippen molar-refractivity contribution in [3.63, 3.8) is 0 Å². The number of aliphatic hydroxyl groups excluding tert-OH is 4. The summed E-state index contributed by atoms with van der Waals surface area (Å²) in [6.45, 7) is -0.708. The summed E-state index contributed by atoms with van der Waals surface area (Å²) < 4.78 is 22.3. The van der Waals surface area contributed by atoms with Crippen molar-refractivity contribution >= 4 is 17.7 Å². The number of phenolic OH excluding ortho intramolecular Hbond substituents is 1. The van der Waals surface area contributed by atoms with Crippen molar-refractivity contribution in [2.24, 2.45) is 11.8 Å². The smallest absolute Gasteiger partial charge is 0.343 e. The second-order valence-electron chi connectivity index (χ2n) is 9.30. The predicted molar refractivity (Wildman–Crippen MR) is 121 cm³/mol. The van der Waals surface area contributed by atoms with Crippen LogP contribution in [0.25, 0.3) is 0 Å². The molecule has 202 valence electrons. The molecule has 5 rings (SSSR count). The van der Waals surface area contributed by atoms with E-state index in [9.17, 15) is 45.0 Å². The molecule has 0 bridgehead atoms. The van der Waals surface area contributed by atoms with E-state index in [1.807, 2.05) is 0 Å². The molecule has 0 aromatic heterocycles. The predicted octanol–water partition coefficient (Wildman–Crippen LogP) is -1.26. The number of rotatable bonds is 6. The number of esters is 1. The van der Waals surface area contributed by atoms with Crippen LogP contribution in [0.4, 0.5) is 0 Å². The molecule has 13 nitrogen and oxygen atoms in total. The van der Waals surface area contributed by atoms with Crippen molar-refractivity contribution in [1.29, 1.82) is 0 Å². The summed E-state index contributed by atoms with van der Waals surface area (Å²) in [5.74, 6) is -5.11. The lowest BCUT2D eigenvalue weighted by molar-refractivity contribution is -0.344. The number of hydrogen-bond donors (Lipinski definition) is 6. The Hall–Kier alpha value is -3.59. The first-order chi connectivity index (χ1) is 18.1. The molecule has 1 aromatic carbocycles. The van der Waals surface area contributed by atoms with Gasteiger partial charge in [0.1, 0.15) is 35.7 Å². The van der Waals surface area contributed by atoms with Crippen LogP contribution in [0.3, 0.4) is 0 Å². The first-order valence-electron chi connectivity index (χ1n) is 11.6. The second kappa shape index (κ2) is 9.62. The molecule has 0 radical (unpaired) electrons.